The summed E-state index contributed by atoms with van der Waals surface area (Å²) in [4.78, 5) is 33.0. The molecule has 1 spiro atoms. The number of likely N-dealkylation sites (tertiary alicyclic amines) is 1. The molecule has 7 heteroatoms. The van der Waals surface area contributed by atoms with Crippen molar-refractivity contribution in [3.8, 4) is 0 Å². The van der Waals surface area contributed by atoms with Crippen LogP contribution in [-0.4, -0.2) is 64.7 Å². The van der Waals surface area contributed by atoms with Gasteiger partial charge >= 0.3 is 11.9 Å². The summed E-state index contributed by atoms with van der Waals surface area (Å²) in [5.41, 5.74) is -0.0930. The van der Waals surface area contributed by atoms with Crippen molar-refractivity contribution in [3.05, 3.63) is 12.2 Å². The van der Waals surface area contributed by atoms with Crippen molar-refractivity contribution in [2.75, 3.05) is 20.1 Å². The summed E-state index contributed by atoms with van der Waals surface area (Å²) in [5.74, 6) is -2.20. The van der Waals surface area contributed by atoms with Crippen LogP contribution in [0, 0.1) is 0 Å². The number of hydrogen-bond donors (Lipinski definition) is 2. The fourth-order valence-electron chi connectivity index (χ4n) is 2.61. The maximum atomic E-state index is 11.6. The first-order chi connectivity index (χ1) is 10.3. The molecule has 0 bridgehead atoms. The van der Waals surface area contributed by atoms with Crippen LogP contribution in [0.1, 0.15) is 32.6 Å². The number of rotatable bonds is 3. The number of Topliss-reactive ketones (excluding diaryl/α,β-unsaturated/α-hetero) is 1. The Labute approximate surface area is 129 Å². The molecule has 124 valence electrons. The standard InChI is InChI=1S/C11H19NO2.C4H4O4/c1-3-10-9(13)8-11(14-10)4-6-12(2)7-5-11;5-3(6)1-2-4(7)8/h10H,3-8H2,1-2H3;1-2H,(H,5,6)(H,7,8). The number of carboxylic acids is 2. The topological polar surface area (TPSA) is 104 Å². The molecule has 0 aliphatic carbocycles. The first kappa shape index (κ1) is 18.3. The molecule has 0 aromatic carbocycles. The van der Waals surface area contributed by atoms with E-state index in [0.29, 0.717) is 24.4 Å². The van der Waals surface area contributed by atoms with E-state index in [1.807, 2.05) is 6.92 Å². The second-order valence-electron chi connectivity index (χ2n) is 5.65. The molecule has 2 saturated heterocycles. The lowest BCUT2D eigenvalue weighted by Crippen LogP contribution is -2.42. The zero-order valence-corrected chi connectivity index (χ0v) is 12.9. The molecule has 2 fully saturated rings. The third kappa shape index (κ3) is 5.57. The monoisotopic (exact) mass is 313 g/mol. The summed E-state index contributed by atoms with van der Waals surface area (Å²) in [5, 5.41) is 15.6. The van der Waals surface area contributed by atoms with Gasteiger partial charge in [-0.1, -0.05) is 6.92 Å². The van der Waals surface area contributed by atoms with Crippen LogP contribution in [0.25, 0.3) is 0 Å². The van der Waals surface area contributed by atoms with Crippen LogP contribution < -0.4 is 0 Å². The molecule has 0 radical (unpaired) electrons. The normalized spacial score (nSPS) is 24.3. The number of nitrogens with zero attached hydrogens (tertiary/aromatic N) is 1. The average Bonchev–Trinajstić information content (AvgIpc) is 2.77. The lowest BCUT2D eigenvalue weighted by molar-refractivity contribution is -0.134. The van der Waals surface area contributed by atoms with Crippen LogP contribution in [0.4, 0.5) is 0 Å². The van der Waals surface area contributed by atoms with Gasteiger partial charge in [-0.05, 0) is 26.3 Å². The molecule has 2 aliphatic heterocycles. The zero-order chi connectivity index (χ0) is 16.8. The van der Waals surface area contributed by atoms with Crippen LogP contribution in [0.5, 0.6) is 0 Å². The maximum absolute atomic E-state index is 11.6. The summed E-state index contributed by atoms with van der Waals surface area (Å²) >= 11 is 0. The predicted molar refractivity (Wildman–Crippen MR) is 78.7 cm³/mol. The van der Waals surface area contributed by atoms with Gasteiger partial charge in [0.1, 0.15) is 6.10 Å². The molecule has 2 N–H and O–H groups in total. The maximum Gasteiger partial charge on any atom is 0.328 e. The van der Waals surface area contributed by atoms with E-state index in [1.165, 1.54) is 0 Å². The Morgan fingerprint density at radius 1 is 1.27 bits per heavy atom. The number of ether oxygens (including phenoxy) is 1. The lowest BCUT2D eigenvalue weighted by Gasteiger charge is -2.36. The van der Waals surface area contributed by atoms with Crippen LogP contribution in [-0.2, 0) is 19.1 Å². The van der Waals surface area contributed by atoms with Crippen LogP contribution in [0.2, 0.25) is 0 Å². The summed E-state index contributed by atoms with van der Waals surface area (Å²) in [7, 11) is 2.13. The highest BCUT2D eigenvalue weighted by molar-refractivity contribution is 5.89. The number of carboxylic acid groups (broad SMARTS) is 2. The predicted octanol–water partition coefficient (Wildman–Crippen LogP) is 0.931. The highest BCUT2D eigenvalue weighted by Gasteiger charge is 2.45. The molecule has 7 nitrogen and oxygen atoms in total. The van der Waals surface area contributed by atoms with E-state index >= 15 is 0 Å². The largest absolute Gasteiger partial charge is 0.478 e. The van der Waals surface area contributed by atoms with E-state index in [4.69, 9.17) is 14.9 Å². The molecule has 22 heavy (non-hydrogen) atoms. The minimum atomic E-state index is -1.26. The second kappa shape index (κ2) is 8.05. The Kier molecular flexibility index (Phi) is 6.70. The molecule has 2 aliphatic rings. The minimum Gasteiger partial charge on any atom is -0.478 e. The summed E-state index contributed by atoms with van der Waals surface area (Å²) < 4.78 is 5.92. The molecular formula is C15H23NO6. The fourth-order valence-corrected chi connectivity index (χ4v) is 2.61. The Bertz CT molecular complexity index is 435. The van der Waals surface area contributed by atoms with Crippen molar-refractivity contribution in [3.63, 3.8) is 0 Å². The van der Waals surface area contributed by atoms with E-state index in [0.717, 1.165) is 32.4 Å². The molecule has 0 aromatic rings. The summed E-state index contributed by atoms with van der Waals surface area (Å²) in [6.07, 6.45) is 4.52. The van der Waals surface area contributed by atoms with Crippen LogP contribution in [0.3, 0.4) is 0 Å². The van der Waals surface area contributed by atoms with Crippen molar-refractivity contribution in [2.24, 2.45) is 0 Å². The van der Waals surface area contributed by atoms with Crippen molar-refractivity contribution in [1.29, 1.82) is 0 Å². The van der Waals surface area contributed by atoms with Gasteiger partial charge in [-0.2, -0.15) is 0 Å². The van der Waals surface area contributed by atoms with Gasteiger partial charge < -0.3 is 19.8 Å². The van der Waals surface area contributed by atoms with Crippen molar-refractivity contribution in [1.82, 2.24) is 4.90 Å². The van der Waals surface area contributed by atoms with E-state index in [1.54, 1.807) is 0 Å². The Morgan fingerprint density at radius 3 is 2.14 bits per heavy atom. The quantitative estimate of drug-likeness (QED) is 0.747. The smallest absolute Gasteiger partial charge is 0.328 e. The van der Waals surface area contributed by atoms with Gasteiger partial charge in [-0.25, -0.2) is 9.59 Å². The lowest BCUT2D eigenvalue weighted by atomic mass is 9.88. The Morgan fingerprint density at radius 2 is 1.77 bits per heavy atom. The molecule has 2 heterocycles. The number of aliphatic carboxylic acids is 2. The van der Waals surface area contributed by atoms with E-state index in [9.17, 15) is 14.4 Å². The molecule has 0 amide bonds. The van der Waals surface area contributed by atoms with Gasteiger partial charge in [0.25, 0.3) is 0 Å². The second-order valence-corrected chi connectivity index (χ2v) is 5.65. The third-order valence-electron chi connectivity index (χ3n) is 3.89. The summed E-state index contributed by atoms with van der Waals surface area (Å²) in [6.45, 7) is 4.14. The van der Waals surface area contributed by atoms with Gasteiger partial charge in [0.05, 0.1) is 5.60 Å². The van der Waals surface area contributed by atoms with E-state index < -0.39 is 11.9 Å². The highest BCUT2D eigenvalue weighted by atomic mass is 16.5. The minimum absolute atomic E-state index is 0.0930. The average molecular weight is 313 g/mol. The number of carbonyl (C=O) groups is 3. The van der Waals surface area contributed by atoms with Gasteiger partial charge in [0, 0.05) is 31.7 Å². The molecule has 1 atom stereocenters. The highest BCUT2D eigenvalue weighted by Crippen LogP contribution is 2.37. The first-order valence-corrected chi connectivity index (χ1v) is 7.31. The first-order valence-electron chi connectivity index (χ1n) is 7.31. The molecule has 0 aromatic heterocycles. The van der Waals surface area contributed by atoms with Gasteiger partial charge in [-0.15, -0.1) is 0 Å². The van der Waals surface area contributed by atoms with E-state index in [2.05, 4.69) is 11.9 Å². The number of piperidine rings is 1. The van der Waals surface area contributed by atoms with Crippen LogP contribution in [0.15, 0.2) is 12.2 Å². The van der Waals surface area contributed by atoms with Crippen LogP contribution >= 0.6 is 0 Å². The number of carbonyl (C=O) groups excluding carboxylic acids is 1. The fraction of sp³-hybridized carbons (Fsp3) is 0.667. The molecule has 0 saturated carbocycles. The molecule has 1 unspecified atom stereocenters. The zero-order valence-electron chi connectivity index (χ0n) is 12.9. The molecule has 2 rings (SSSR count). The van der Waals surface area contributed by atoms with Crippen molar-refractivity contribution in [2.45, 2.75) is 44.3 Å². The third-order valence-corrected chi connectivity index (χ3v) is 3.89. The van der Waals surface area contributed by atoms with E-state index in [-0.39, 0.29) is 11.7 Å². The number of hydrogen-bond acceptors (Lipinski definition) is 5. The van der Waals surface area contributed by atoms with Gasteiger partial charge in [0.2, 0.25) is 0 Å². The SMILES string of the molecule is CCC1OC2(CCN(C)CC2)CC1=O.O=C(O)C=CC(=O)O. The number of ketones is 1. The Balaban J connectivity index is 0.000000261. The van der Waals surface area contributed by atoms with Crippen molar-refractivity contribution >= 4 is 17.7 Å². The van der Waals surface area contributed by atoms with Gasteiger partial charge in [-0.3, -0.25) is 4.79 Å². The Hall–Kier alpha value is -1.73. The summed E-state index contributed by atoms with van der Waals surface area (Å²) in [6, 6.07) is 0. The van der Waals surface area contributed by atoms with Crippen molar-refractivity contribution < 1.29 is 29.3 Å². The van der Waals surface area contributed by atoms with Gasteiger partial charge in [0.15, 0.2) is 5.78 Å². The molecular weight excluding hydrogens is 290 g/mol.